The third-order valence-corrected chi connectivity index (χ3v) is 15.3. The second-order valence-electron chi connectivity index (χ2n) is 20.5. The standard InChI is InChI=1S/C52H79N5O12/c1-31-15-11-10-12-16-32(2)44(66-8)27-40-20-18-37(7)52(65,69-40)49(62)50(63)56-22-14-13-17-42(56)51(64)68-45(34(4)25-38-19-21-41(39(26-38)29-58)57-30-53-54-55-57)28-43(59)33(3)24-36(6)47(61)48(67-9)46(60)35(5)23-31/h10-12,15-16,24,30-31,33-35,37-42,44-45,47-48,58,61,65H,13-14,17-23,25-29H2,1-9H3/b12-10?,15-11+,32-16?,36-24+/t31-,33-,34-,35-,37-,38?,39+,40+,41+,42?,44+,45+,47-,48+,52-/m1/s1. The first-order valence-electron chi connectivity index (χ1n) is 25.1. The maximum absolute atomic E-state index is 14.5. The minimum atomic E-state index is -2.44. The summed E-state index contributed by atoms with van der Waals surface area (Å²) in [6, 6.07) is -1.24. The molecule has 4 aliphatic rings. The number of ketones is 3. The lowest BCUT2D eigenvalue weighted by atomic mass is 9.74. The summed E-state index contributed by atoms with van der Waals surface area (Å²) in [4.78, 5) is 72.2. The number of piperidine rings is 1. The van der Waals surface area contributed by atoms with Crippen molar-refractivity contribution < 1.29 is 58.2 Å². The maximum Gasteiger partial charge on any atom is 0.329 e. The van der Waals surface area contributed by atoms with Crippen molar-refractivity contribution in [3.8, 4) is 0 Å². The molecule has 1 aromatic rings. The zero-order valence-corrected chi connectivity index (χ0v) is 42.3. The molecule has 17 heteroatoms. The van der Waals surface area contributed by atoms with Gasteiger partial charge < -0.3 is 39.2 Å². The van der Waals surface area contributed by atoms with E-state index in [0.717, 1.165) is 12.0 Å². The molecular weight excluding hydrogens is 887 g/mol. The Morgan fingerprint density at radius 3 is 2.35 bits per heavy atom. The molecule has 0 spiro atoms. The average Bonchev–Trinajstić information content (AvgIpc) is 3.88. The number of carbonyl (C=O) groups excluding carboxylic acids is 5. The van der Waals surface area contributed by atoms with Crippen LogP contribution in [0.5, 0.6) is 0 Å². The van der Waals surface area contributed by atoms with Crippen molar-refractivity contribution in [2.45, 2.75) is 174 Å². The maximum atomic E-state index is 14.5. The molecule has 1 saturated carbocycles. The van der Waals surface area contributed by atoms with Crippen LogP contribution in [0, 0.1) is 41.4 Å². The Labute approximate surface area is 408 Å². The molecule has 1 amide bonds. The molecule has 3 N–H and O–H groups in total. The molecule has 3 fully saturated rings. The number of carbonyl (C=O) groups is 5. The number of aliphatic hydroxyl groups is 3. The molecule has 3 aliphatic heterocycles. The van der Waals surface area contributed by atoms with Crippen molar-refractivity contribution in [3.63, 3.8) is 0 Å². The van der Waals surface area contributed by atoms with Crippen molar-refractivity contribution in [1.82, 2.24) is 25.1 Å². The first kappa shape index (κ1) is 55.7. The van der Waals surface area contributed by atoms with E-state index in [0.29, 0.717) is 63.4 Å². The molecule has 2 unspecified atom stereocenters. The van der Waals surface area contributed by atoms with Crippen LogP contribution in [0.4, 0.5) is 0 Å². The van der Waals surface area contributed by atoms with Gasteiger partial charge >= 0.3 is 5.97 Å². The Morgan fingerprint density at radius 1 is 0.913 bits per heavy atom. The number of nitrogens with zero attached hydrogens (tertiary/aromatic N) is 5. The van der Waals surface area contributed by atoms with Crippen LogP contribution in [0.25, 0.3) is 0 Å². The second kappa shape index (κ2) is 25.7. The smallest absolute Gasteiger partial charge is 0.329 e. The van der Waals surface area contributed by atoms with E-state index < -0.39 is 77.8 Å². The number of aromatic nitrogens is 4. The number of hydrogen-bond acceptors (Lipinski definition) is 15. The number of tetrazole rings is 1. The Hall–Kier alpha value is -4.26. The molecular formula is C52H79N5O12. The van der Waals surface area contributed by atoms with E-state index in [1.54, 1.807) is 45.0 Å². The second-order valence-corrected chi connectivity index (χ2v) is 20.5. The predicted octanol–water partition coefficient (Wildman–Crippen LogP) is 5.64. The first-order chi connectivity index (χ1) is 32.8. The third-order valence-electron chi connectivity index (χ3n) is 15.3. The highest BCUT2D eigenvalue weighted by Gasteiger charge is 2.53. The van der Waals surface area contributed by atoms with E-state index in [-0.39, 0.29) is 67.3 Å². The molecule has 15 atom stereocenters. The van der Waals surface area contributed by atoms with Crippen molar-refractivity contribution in [3.05, 3.63) is 53.9 Å². The topological polar surface area (TPSA) is 230 Å². The van der Waals surface area contributed by atoms with Gasteiger partial charge in [0.2, 0.25) is 5.79 Å². The number of hydrogen-bond donors (Lipinski definition) is 3. The van der Waals surface area contributed by atoms with Crippen molar-refractivity contribution in [1.29, 1.82) is 0 Å². The van der Waals surface area contributed by atoms with Crippen LogP contribution in [0.2, 0.25) is 0 Å². The summed E-state index contributed by atoms with van der Waals surface area (Å²) in [6.07, 6.45) is 13.8. The summed E-state index contributed by atoms with van der Waals surface area (Å²) in [5.74, 6) is -8.20. The molecule has 384 valence electrons. The van der Waals surface area contributed by atoms with Gasteiger partial charge in [0.1, 0.15) is 36.5 Å². The summed E-state index contributed by atoms with van der Waals surface area (Å²) in [5, 5.41) is 45.5. The summed E-state index contributed by atoms with van der Waals surface area (Å²) < 4.78 is 25.6. The molecule has 17 nitrogen and oxygen atoms in total. The number of allylic oxidation sites excluding steroid dienone is 6. The molecule has 69 heavy (non-hydrogen) atoms. The highest BCUT2D eigenvalue weighted by molar-refractivity contribution is 6.39. The largest absolute Gasteiger partial charge is 0.460 e. The lowest BCUT2D eigenvalue weighted by Crippen LogP contribution is -2.61. The van der Waals surface area contributed by atoms with Crippen LogP contribution < -0.4 is 0 Å². The quantitative estimate of drug-likeness (QED) is 0.171. The van der Waals surface area contributed by atoms with E-state index in [9.17, 15) is 39.3 Å². The van der Waals surface area contributed by atoms with Crippen molar-refractivity contribution >= 4 is 29.2 Å². The molecule has 2 bridgehead atoms. The zero-order chi connectivity index (χ0) is 50.6. The summed E-state index contributed by atoms with van der Waals surface area (Å²) >= 11 is 0. The van der Waals surface area contributed by atoms with Gasteiger partial charge in [-0.3, -0.25) is 19.2 Å². The molecule has 1 aliphatic carbocycles. The number of ether oxygens (including phenoxy) is 4. The average molecular weight is 966 g/mol. The van der Waals surface area contributed by atoms with Gasteiger partial charge in [-0.2, -0.15) is 0 Å². The molecule has 1 aromatic heterocycles. The Balaban J connectivity index is 1.46. The fourth-order valence-corrected chi connectivity index (χ4v) is 10.9. The summed E-state index contributed by atoms with van der Waals surface area (Å²) in [7, 11) is 2.95. The molecule has 0 aromatic carbocycles. The van der Waals surface area contributed by atoms with Gasteiger partial charge in [0.15, 0.2) is 5.78 Å². The normalized spacial score (nSPS) is 37.5. The predicted molar refractivity (Wildman–Crippen MR) is 256 cm³/mol. The lowest BCUT2D eigenvalue weighted by molar-refractivity contribution is -0.265. The summed E-state index contributed by atoms with van der Waals surface area (Å²) in [6.45, 7) is 12.7. The van der Waals surface area contributed by atoms with Gasteiger partial charge in [-0.15, -0.1) is 5.10 Å². The van der Waals surface area contributed by atoms with Gasteiger partial charge in [-0.05, 0) is 117 Å². The summed E-state index contributed by atoms with van der Waals surface area (Å²) in [5.41, 5.74) is 1.26. The Kier molecular flexibility index (Phi) is 20.8. The van der Waals surface area contributed by atoms with E-state index >= 15 is 0 Å². The molecule has 5 rings (SSSR count). The SMILES string of the molecule is CO[C@H]1C[C@@H]2CC[C@@H](C)[C@@](O)(O2)C(=O)C(=O)N2CCCCC2C(=O)O[C@H]([C@H](C)CC2CC[C@H](n3cnnn3)[C@H](CO)C2)CC(=O)[C@H](C)/C=C(\C)[C@@H](O)[C@@H](OC)C(=O)[C@H](C)C[C@H](C)/C=C/C=CC=C1C. The fourth-order valence-electron chi connectivity index (χ4n) is 10.9. The Bertz CT molecular complexity index is 2020. The van der Waals surface area contributed by atoms with E-state index in [1.165, 1.54) is 12.0 Å². The highest BCUT2D eigenvalue weighted by atomic mass is 16.6. The molecule has 0 radical (unpaired) electrons. The van der Waals surface area contributed by atoms with Gasteiger partial charge in [-0.1, -0.05) is 71.1 Å². The number of esters is 1. The third kappa shape index (κ3) is 14.2. The monoisotopic (exact) mass is 966 g/mol. The fraction of sp³-hybridized carbons (Fsp3) is 0.731. The minimum absolute atomic E-state index is 0.0121. The van der Waals surface area contributed by atoms with Crippen molar-refractivity contribution in [2.24, 2.45) is 41.4 Å². The Morgan fingerprint density at radius 2 is 1.67 bits per heavy atom. The van der Waals surface area contributed by atoms with Crippen LogP contribution in [0.3, 0.4) is 0 Å². The van der Waals surface area contributed by atoms with Gasteiger partial charge in [0, 0.05) is 63.9 Å². The van der Waals surface area contributed by atoms with E-state index in [4.69, 9.17) is 18.9 Å². The minimum Gasteiger partial charge on any atom is -0.460 e. The number of methoxy groups -OCH3 is 2. The van der Waals surface area contributed by atoms with E-state index in [2.05, 4.69) is 15.5 Å². The first-order valence-corrected chi connectivity index (χ1v) is 25.1. The van der Waals surface area contributed by atoms with Crippen molar-refractivity contribution in [2.75, 3.05) is 27.4 Å². The lowest BCUT2D eigenvalue weighted by Gasteiger charge is -2.42. The van der Waals surface area contributed by atoms with Crippen LogP contribution >= 0.6 is 0 Å². The van der Waals surface area contributed by atoms with Gasteiger partial charge in [-0.25, -0.2) is 9.48 Å². The van der Waals surface area contributed by atoms with Crippen LogP contribution in [-0.2, 0) is 42.9 Å². The molecule has 4 heterocycles. The molecule has 2 saturated heterocycles. The number of Topliss-reactive ketones (excluding diaryl/α,β-unsaturated/α-hetero) is 3. The van der Waals surface area contributed by atoms with Crippen LogP contribution in [0.1, 0.15) is 132 Å². The van der Waals surface area contributed by atoms with Crippen LogP contribution in [0.15, 0.2) is 53.9 Å². The van der Waals surface area contributed by atoms with E-state index in [1.807, 2.05) is 58.1 Å². The van der Waals surface area contributed by atoms with Crippen LogP contribution in [-0.4, -0.2) is 139 Å². The van der Waals surface area contributed by atoms with Gasteiger partial charge in [0.25, 0.3) is 11.7 Å². The zero-order valence-electron chi connectivity index (χ0n) is 42.3. The number of rotatable bonds is 7. The number of aliphatic hydroxyl groups excluding tert-OH is 2. The number of cyclic esters (lactones) is 1. The number of amides is 1. The number of fused-ring (bicyclic) bond motifs is 3. The highest BCUT2D eigenvalue weighted by Crippen LogP contribution is 2.41. The van der Waals surface area contributed by atoms with Gasteiger partial charge in [0.05, 0.1) is 18.2 Å².